The Morgan fingerprint density at radius 2 is 1.13 bits per heavy atom. The SMILES string of the molecule is Cc1cc(C)c(B2c3ccccc3N(c3ccc(-c4ccccc4)cc3)c3c2cc2ccc4cccc5ccc3c2c45)c(C)c1. The van der Waals surface area contributed by atoms with Gasteiger partial charge in [-0.3, -0.25) is 0 Å². The lowest BCUT2D eigenvalue weighted by Crippen LogP contribution is -2.58. The summed E-state index contributed by atoms with van der Waals surface area (Å²) < 4.78 is 0. The Balaban J connectivity index is 1.39. The van der Waals surface area contributed by atoms with Crippen molar-refractivity contribution < 1.29 is 0 Å². The van der Waals surface area contributed by atoms with Gasteiger partial charge in [0.2, 0.25) is 6.71 Å². The largest absolute Gasteiger partial charge is 0.311 e. The van der Waals surface area contributed by atoms with Crippen molar-refractivity contribution in [2.24, 2.45) is 0 Å². The van der Waals surface area contributed by atoms with Crippen molar-refractivity contribution in [2.45, 2.75) is 20.8 Å². The van der Waals surface area contributed by atoms with Crippen molar-refractivity contribution >= 4 is 72.5 Å². The highest BCUT2D eigenvalue weighted by Gasteiger charge is 2.38. The first-order valence-electron chi connectivity index (χ1n) is 15.9. The quantitative estimate of drug-likeness (QED) is 0.150. The van der Waals surface area contributed by atoms with Crippen LogP contribution in [0.3, 0.4) is 0 Å². The molecule has 0 atom stereocenters. The van der Waals surface area contributed by atoms with Crippen molar-refractivity contribution in [1.82, 2.24) is 0 Å². The molecule has 1 aliphatic heterocycles. The van der Waals surface area contributed by atoms with Gasteiger partial charge in [0, 0.05) is 22.4 Å². The van der Waals surface area contributed by atoms with Crippen LogP contribution >= 0.6 is 0 Å². The van der Waals surface area contributed by atoms with E-state index in [0.29, 0.717) is 0 Å². The Kier molecular flexibility index (Phi) is 5.71. The predicted molar refractivity (Wildman–Crippen MR) is 196 cm³/mol. The van der Waals surface area contributed by atoms with Gasteiger partial charge >= 0.3 is 0 Å². The van der Waals surface area contributed by atoms with Gasteiger partial charge < -0.3 is 4.90 Å². The van der Waals surface area contributed by atoms with E-state index in [1.165, 1.54) is 93.6 Å². The van der Waals surface area contributed by atoms with Gasteiger partial charge in [0.25, 0.3) is 0 Å². The first-order valence-corrected chi connectivity index (χ1v) is 15.9. The average Bonchev–Trinajstić information content (AvgIpc) is 3.07. The van der Waals surface area contributed by atoms with Crippen LogP contribution in [0.5, 0.6) is 0 Å². The van der Waals surface area contributed by atoms with E-state index < -0.39 is 0 Å². The fourth-order valence-electron chi connectivity index (χ4n) is 8.17. The summed E-state index contributed by atoms with van der Waals surface area (Å²) in [7, 11) is 0. The van der Waals surface area contributed by atoms with Crippen LogP contribution in [0.15, 0.2) is 140 Å². The Morgan fingerprint density at radius 1 is 0.489 bits per heavy atom. The molecule has 0 unspecified atom stereocenters. The lowest BCUT2D eigenvalue weighted by atomic mass is 9.33. The van der Waals surface area contributed by atoms with E-state index in [-0.39, 0.29) is 6.71 Å². The molecule has 0 aromatic heterocycles. The lowest BCUT2D eigenvalue weighted by Gasteiger charge is -2.39. The van der Waals surface area contributed by atoms with Crippen LogP contribution < -0.4 is 21.3 Å². The first kappa shape index (κ1) is 26.1. The summed E-state index contributed by atoms with van der Waals surface area (Å²) in [6.07, 6.45) is 0. The molecular weight excluding hydrogens is 541 g/mol. The molecule has 0 saturated heterocycles. The third-order valence-corrected chi connectivity index (χ3v) is 9.93. The van der Waals surface area contributed by atoms with Crippen LogP contribution in [-0.2, 0) is 0 Å². The number of hydrogen-bond acceptors (Lipinski definition) is 1. The van der Waals surface area contributed by atoms with Crippen LogP contribution in [0, 0.1) is 20.8 Å². The van der Waals surface area contributed by atoms with Gasteiger partial charge in [-0.2, -0.15) is 0 Å². The number of anilines is 3. The molecule has 45 heavy (non-hydrogen) atoms. The summed E-state index contributed by atoms with van der Waals surface area (Å²) in [6.45, 7) is 6.91. The van der Waals surface area contributed by atoms with Crippen molar-refractivity contribution in [3.05, 3.63) is 156 Å². The number of benzene rings is 8. The Labute approximate surface area is 264 Å². The molecule has 1 aliphatic rings. The Morgan fingerprint density at radius 3 is 1.89 bits per heavy atom. The minimum Gasteiger partial charge on any atom is -0.311 e. The molecular formula is C43H32BN. The van der Waals surface area contributed by atoms with Crippen LogP contribution in [-0.4, -0.2) is 6.71 Å². The molecule has 8 aromatic carbocycles. The molecule has 0 amide bonds. The minimum atomic E-state index is 0.124. The van der Waals surface area contributed by atoms with Gasteiger partial charge in [0.15, 0.2) is 0 Å². The van der Waals surface area contributed by atoms with E-state index in [4.69, 9.17) is 0 Å². The summed E-state index contributed by atoms with van der Waals surface area (Å²) in [5.74, 6) is 0. The van der Waals surface area contributed by atoms with Crippen molar-refractivity contribution in [3.63, 3.8) is 0 Å². The predicted octanol–water partition coefficient (Wildman–Crippen LogP) is 9.48. The molecule has 9 rings (SSSR count). The highest BCUT2D eigenvalue weighted by atomic mass is 15.2. The molecule has 1 nitrogen and oxygen atoms in total. The summed E-state index contributed by atoms with van der Waals surface area (Å²) in [5.41, 5.74) is 14.3. The minimum absolute atomic E-state index is 0.124. The fourth-order valence-corrected chi connectivity index (χ4v) is 8.17. The summed E-state index contributed by atoms with van der Waals surface area (Å²) in [6, 6.07) is 52.0. The number of fused-ring (bicyclic) bond motifs is 3. The van der Waals surface area contributed by atoms with Crippen molar-refractivity contribution in [1.29, 1.82) is 0 Å². The van der Waals surface area contributed by atoms with Crippen molar-refractivity contribution in [2.75, 3.05) is 4.90 Å². The molecule has 0 bridgehead atoms. The number of nitrogens with zero attached hydrogens (tertiary/aromatic N) is 1. The maximum Gasteiger partial charge on any atom is 0.247 e. The second-order valence-electron chi connectivity index (χ2n) is 12.7. The molecule has 0 radical (unpaired) electrons. The number of para-hydroxylation sites is 1. The van der Waals surface area contributed by atoms with E-state index in [9.17, 15) is 0 Å². The molecule has 8 aromatic rings. The van der Waals surface area contributed by atoms with Crippen LogP contribution in [0.2, 0.25) is 0 Å². The zero-order valence-electron chi connectivity index (χ0n) is 25.8. The second kappa shape index (κ2) is 9.84. The van der Waals surface area contributed by atoms with Gasteiger partial charge in [-0.15, -0.1) is 0 Å². The zero-order valence-corrected chi connectivity index (χ0v) is 25.8. The summed E-state index contributed by atoms with van der Waals surface area (Å²) in [4.78, 5) is 2.53. The first-order chi connectivity index (χ1) is 22.1. The van der Waals surface area contributed by atoms with Crippen molar-refractivity contribution in [3.8, 4) is 11.1 Å². The maximum absolute atomic E-state index is 2.53. The number of aryl methyl sites for hydroxylation is 3. The van der Waals surface area contributed by atoms with E-state index >= 15 is 0 Å². The fraction of sp³-hybridized carbons (Fsp3) is 0.0698. The average molecular weight is 574 g/mol. The highest BCUT2D eigenvalue weighted by molar-refractivity contribution is 6.98. The van der Waals surface area contributed by atoms with Gasteiger partial charge in [0.05, 0.1) is 0 Å². The van der Waals surface area contributed by atoms with Gasteiger partial charge in [-0.05, 0) is 88.0 Å². The third kappa shape index (κ3) is 3.89. The van der Waals surface area contributed by atoms with E-state index in [0.717, 1.165) is 0 Å². The molecule has 0 N–H and O–H groups in total. The van der Waals surface area contributed by atoms with Crippen LogP contribution in [0.4, 0.5) is 17.1 Å². The second-order valence-corrected chi connectivity index (χ2v) is 12.7. The van der Waals surface area contributed by atoms with Crippen LogP contribution in [0.1, 0.15) is 16.7 Å². The Bertz CT molecular complexity index is 2370. The van der Waals surface area contributed by atoms with Crippen LogP contribution in [0.25, 0.3) is 43.4 Å². The van der Waals surface area contributed by atoms with Gasteiger partial charge in [-0.1, -0.05) is 143 Å². The Hall–Kier alpha value is -5.34. The monoisotopic (exact) mass is 573 g/mol. The molecule has 0 spiro atoms. The molecule has 0 saturated carbocycles. The zero-order chi connectivity index (χ0) is 30.2. The standard InChI is InChI=1S/C43H32BN/c1-27-24-28(2)42(29(3)25-27)44-37-14-7-8-15-39(37)45(35-21-18-31(19-22-35)30-10-5-4-6-11-30)43-36-23-20-33-13-9-12-32-16-17-34(26-38(43)44)41(36)40(32)33/h4-26H,1-3H3. The highest BCUT2D eigenvalue weighted by Crippen LogP contribution is 2.44. The molecule has 0 aliphatic carbocycles. The lowest BCUT2D eigenvalue weighted by molar-refractivity contribution is 1.30. The van der Waals surface area contributed by atoms with E-state index in [1.807, 2.05) is 0 Å². The maximum atomic E-state index is 2.53. The number of rotatable bonds is 3. The summed E-state index contributed by atoms with van der Waals surface area (Å²) in [5, 5.41) is 7.91. The van der Waals surface area contributed by atoms with E-state index in [2.05, 4.69) is 165 Å². The van der Waals surface area contributed by atoms with Gasteiger partial charge in [0.1, 0.15) is 0 Å². The summed E-state index contributed by atoms with van der Waals surface area (Å²) >= 11 is 0. The topological polar surface area (TPSA) is 3.24 Å². The third-order valence-electron chi connectivity index (χ3n) is 9.93. The van der Waals surface area contributed by atoms with E-state index in [1.54, 1.807) is 0 Å². The smallest absolute Gasteiger partial charge is 0.247 e. The van der Waals surface area contributed by atoms with Gasteiger partial charge in [-0.25, -0.2) is 0 Å². The molecule has 2 heteroatoms. The molecule has 212 valence electrons. The number of hydrogen-bond donors (Lipinski definition) is 0. The molecule has 0 fully saturated rings. The normalized spacial score (nSPS) is 12.7. The molecule has 1 heterocycles.